The van der Waals surface area contributed by atoms with Crippen LogP contribution in [-0.4, -0.2) is 17.5 Å². The lowest BCUT2D eigenvalue weighted by Gasteiger charge is -2.08. The molecule has 29 heavy (non-hydrogen) atoms. The van der Waals surface area contributed by atoms with Gasteiger partial charge in [0.25, 0.3) is 5.91 Å². The lowest BCUT2D eigenvalue weighted by atomic mass is 10.2. The number of fused-ring (bicyclic) bond motifs is 1. The highest BCUT2D eigenvalue weighted by Gasteiger charge is 2.09. The minimum absolute atomic E-state index is 0.0910. The molecule has 0 saturated carbocycles. The maximum Gasteiger partial charge on any atom is 0.347 e. The first-order valence-electron chi connectivity index (χ1n) is 9.08. The largest absolute Gasteiger partial charge is 0.484 e. The Morgan fingerprint density at radius 3 is 2.62 bits per heavy atom. The third-order valence-electron chi connectivity index (χ3n) is 4.31. The zero-order valence-electron chi connectivity index (χ0n) is 15.7. The van der Waals surface area contributed by atoms with Crippen molar-refractivity contribution < 1.29 is 13.9 Å². The second kappa shape index (κ2) is 7.98. The van der Waals surface area contributed by atoms with Crippen molar-refractivity contribution in [3.8, 4) is 17.2 Å². The van der Waals surface area contributed by atoms with Gasteiger partial charge in [-0.25, -0.2) is 9.78 Å². The van der Waals surface area contributed by atoms with E-state index >= 15 is 0 Å². The molecule has 0 aliphatic heterocycles. The number of para-hydroxylation sites is 1. The van der Waals surface area contributed by atoms with Crippen LogP contribution in [0.5, 0.6) is 5.75 Å². The third kappa shape index (κ3) is 4.32. The standard InChI is InChI=1S/C23H18N2O4/c1-15-5-4-6-18(13-15)28-14-21(26)24-17-11-9-16(10-12-17)22-25-20-8-3-2-7-19(20)23(27)29-22/h2-13H,14H2,1H3,(H,24,26). The second-order valence-electron chi connectivity index (χ2n) is 6.55. The van der Waals surface area contributed by atoms with Crippen LogP contribution in [0.25, 0.3) is 22.4 Å². The van der Waals surface area contributed by atoms with E-state index in [0.717, 1.165) is 5.56 Å². The van der Waals surface area contributed by atoms with Crippen molar-refractivity contribution in [2.45, 2.75) is 6.92 Å². The predicted molar refractivity (Wildman–Crippen MR) is 111 cm³/mol. The van der Waals surface area contributed by atoms with Gasteiger partial charge in [0.15, 0.2) is 6.61 Å². The van der Waals surface area contributed by atoms with Crippen LogP contribution in [0.1, 0.15) is 5.56 Å². The Morgan fingerprint density at radius 1 is 1.03 bits per heavy atom. The number of anilines is 1. The summed E-state index contributed by atoms with van der Waals surface area (Å²) in [5.74, 6) is 0.608. The highest BCUT2D eigenvalue weighted by atomic mass is 16.5. The van der Waals surface area contributed by atoms with Crippen LogP contribution >= 0.6 is 0 Å². The van der Waals surface area contributed by atoms with Gasteiger partial charge in [-0.1, -0.05) is 24.3 Å². The van der Waals surface area contributed by atoms with E-state index in [0.29, 0.717) is 27.9 Å². The molecule has 0 atom stereocenters. The molecule has 6 heteroatoms. The minimum Gasteiger partial charge on any atom is -0.484 e. The lowest BCUT2D eigenvalue weighted by molar-refractivity contribution is -0.118. The number of ether oxygens (including phenoxy) is 1. The predicted octanol–water partition coefficient (Wildman–Crippen LogP) is 4.18. The van der Waals surface area contributed by atoms with Crippen LogP contribution < -0.4 is 15.7 Å². The molecule has 0 bridgehead atoms. The number of carbonyl (C=O) groups is 1. The van der Waals surface area contributed by atoms with Gasteiger partial charge in [0.1, 0.15) is 5.75 Å². The molecule has 4 aromatic rings. The molecule has 144 valence electrons. The average Bonchev–Trinajstić information content (AvgIpc) is 2.73. The smallest absolute Gasteiger partial charge is 0.347 e. The van der Waals surface area contributed by atoms with Gasteiger partial charge in [-0.2, -0.15) is 0 Å². The van der Waals surface area contributed by atoms with Gasteiger partial charge in [-0.15, -0.1) is 0 Å². The number of hydrogen-bond acceptors (Lipinski definition) is 5. The first-order chi connectivity index (χ1) is 14.1. The highest BCUT2D eigenvalue weighted by Crippen LogP contribution is 2.21. The molecular formula is C23H18N2O4. The summed E-state index contributed by atoms with van der Waals surface area (Å²) >= 11 is 0. The van der Waals surface area contributed by atoms with Crippen molar-refractivity contribution in [1.29, 1.82) is 0 Å². The Hall–Kier alpha value is -3.93. The summed E-state index contributed by atoms with van der Waals surface area (Å²) in [6, 6.07) is 21.4. The van der Waals surface area contributed by atoms with Crippen LogP contribution in [0.3, 0.4) is 0 Å². The maximum atomic E-state index is 12.1. The fraction of sp³-hybridized carbons (Fsp3) is 0.0870. The minimum atomic E-state index is -0.434. The zero-order chi connectivity index (χ0) is 20.2. The molecule has 1 N–H and O–H groups in total. The Kier molecular flexibility index (Phi) is 5.07. The first-order valence-corrected chi connectivity index (χ1v) is 9.08. The average molecular weight is 386 g/mol. The van der Waals surface area contributed by atoms with E-state index in [2.05, 4.69) is 10.3 Å². The Bertz CT molecular complexity index is 1230. The number of rotatable bonds is 5. The Labute approximate surface area is 166 Å². The molecule has 4 rings (SSSR count). The van der Waals surface area contributed by atoms with Crippen LogP contribution in [0, 0.1) is 6.92 Å². The van der Waals surface area contributed by atoms with Crippen molar-refractivity contribution in [2.24, 2.45) is 0 Å². The van der Waals surface area contributed by atoms with E-state index in [9.17, 15) is 9.59 Å². The van der Waals surface area contributed by atoms with E-state index in [-0.39, 0.29) is 18.4 Å². The number of aromatic nitrogens is 1. The summed E-state index contributed by atoms with van der Waals surface area (Å²) in [5, 5.41) is 3.21. The normalized spacial score (nSPS) is 10.7. The molecule has 0 unspecified atom stereocenters. The second-order valence-corrected chi connectivity index (χ2v) is 6.55. The molecule has 1 aromatic heterocycles. The quantitative estimate of drug-likeness (QED) is 0.556. The van der Waals surface area contributed by atoms with Gasteiger partial charge in [-0.05, 0) is 61.0 Å². The molecule has 6 nitrogen and oxygen atoms in total. The molecule has 0 spiro atoms. The van der Waals surface area contributed by atoms with Crippen LogP contribution in [0.2, 0.25) is 0 Å². The Balaban J connectivity index is 1.44. The molecule has 0 aliphatic rings. The van der Waals surface area contributed by atoms with Gasteiger partial charge in [0.05, 0.1) is 10.9 Å². The van der Waals surface area contributed by atoms with E-state index in [1.54, 1.807) is 48.5 Å². The molecule has 1 heterocycles. The van der Waals surface area contributed by atoms with Crippen LogP contribution in [-0.2, 0) is 4.79 Å². The number of benzene rings is 3. The number of nitrogens with zero attached hydrogens (tertiary/aromatic N) is 1. The van der Waals surface area contributed by atoms with E-state index in [4.69, 9.17) is 9.15 Å². The van der Waals surface area contributed by atoms with Crippen LogP contribution in [0.4, 0.5) is 5.69 Å². The van der Waals surface area contributed by atoms with E-state index in [1.165, 1.54) is 0 Å². The molecular weight excluding hydrogens is 368 g/mol. The summed E-state index contributed by atoms with van der Waals surface area (Å²) < 4.78 is 10.8. The van der Waals surface area contributed by atoms with Gasteiger partial charge < -0.3 is 14.5 Å². The summed E-state index contributed by atoms with van der Waals surface area (Å²) in [4.78, 5) is 28.6. The topological polar surface area (TPSA) is 81.4 Å². The fourth-order valence-electron chi connectivity index (χ4n) is 2.89. The molecule has 0 aliphatic carbocycles. The molecule has 1 amide bonds. The Morgan fingerprint density at radius 2 is 1.83 bits per heavy atom. The zero-order valence-corrected chi connectivity index (χ0v) is 15.7. The number of nitrogens with one attached hydrogen (secondary N) is 1. The molecule has 0 saturated heterocycles. The summed E-state index contributed by atoms with van der Waals surface area (Å²) in [7, 11) is 0. The molecule has 0 fully saturated rings. The summed E-state index contributed by atoms with van der Waals surface area (Å²) in [6.07, 6.45) is 0. The summed E-state index contributed by atoms with van der Waals surface area (Å²) in [5.41, 5.74) is 2.45. The number of hydrogen-bond donors (Lipinski definition) is 1. The lowest BCUT2D eigenvalue weighted by Crippen LogP contribution is -2.20. The summed E-state index contributed by atoms with van der Waals surface area (Å²) in [6.45, 7) is 1.87. The van der Waals surface area contributed by atoms with Gasteiger partial charge in [-0.3, -0.25) is 4.79 Å². The van der Waals surface area contributed by atoms with Gasteiger partial charge >= 0.3 is 5.63 Å². The SMILES string of the molecule is Cc1cccc(OCC(=O)Nc2ccc(-c3nc4ccccc4c(=O)o3)cc2)c1. The molecule has 3 aromatic carbocycles. The van der Waals surface area contributed by atoms with Crippen molar-refractivity contribution in [2.75, 3.05) is 11.9 Å². The van der Waals surface area contributed by atoms with Crippen molar-refractivity contribution in [3.05, 3.63) is 88.8 Å². The van der Waals surface area contributed by atoms with Crippen molar-refractivity contribution >= 4 is 22.5 Å². The van der Waals surface area contributed by atoms with Gasteiger partial charge in [0, 0.05) is 11.3 Å². The fourth-order valence-corrected chi connectivity index (χ4v) is 2.89. The first kappa shape index (κ1) is 18.4. The van der Waals surface area contributed by atoms with E-state index < -0.39 is 5.63 Å². The van der Waals surface area contributed by atoms with Gasteiger partial charge in [0.2, 0.25) is 5.89 Å². The molecule has 0 radical (unpaired) electrons. The monoisotopic (exact) mass is 386 g/mol. The number of amides is 1. The highest BCUT2D eigenvalue weighted by molar-refractivity contribution is 5.92. The number of carbonyl (C=O) groups excluding carboxylic acids is 1. The van der Waals surface area contributed by atoms with E-state index in [1.807, 2.05) is 31.2 Å². The maximum absolute atomic E-state index is 12.1. The van der Waals surface area contributed by atoms with Crippen LogP contribution in [0.15, 0.2) is 82.0 Å². The third-order valence-corrected chi connectivity index (χ3v) is 4.31. The number of aryl methyl sites for hydroxylation is 1. The van der Waals surface area contributed by atoms with Crippen molar-refractivity contribution in [1.82, 2.24) is 4.98 Å². The van der Waals surface area contributed by atoms with Crippen molar-refractivity contribution in [3.63, 3.8) is 0 Å².